The minimum absolute atomic E-state index is 0.170. The van der Waals surface area contributed by atoms with Gasteiger partial charge in [-0.05, 0) is 49.7 Å². The van der Waals surface area contributed by atoms with Gasteiger partial charge in [-0.1, -0.05) is 23.6 Å². The molecule has 1 aromatic rings. The van der Waals surface area contributed by atoms with Crippen LogP contribution in [0.4, 0.5) is 0 Å². The van der Waals surface area contributed by atoms with Gasteiger partial charge in [-0.3, -0.25) is 9.59 Å². The van der Waals surface area contributed by atoms with Crippen LogP contribution in [0.3, 0.4) is 0 Å². The zero-order chi connectivity index (χ0) is 15.3. The van der Waals surface area contributed by atoms with Crippen LogP contribution in [0.25, 0.3) is 0 Å². The van der Waals surface area contributed by atoms with Gasteiger partial charge in [0.05, 0.1) is 17.0 Å². The average Bonchev–Trinajstić information content (AvgIpc) is 3.22. The van der Waals surface area contributed by atoms with Crippen molar-refractivity contribution in [2.75, 3.05) is 0 Å². The Morgan fingerprint density at radius 3 is 2.23 bits per heavy atom. The summed E-state index contributed by atoms with van der Waals surface area (Å²) in [4.78, 5) is 42.0. The number of amides is 2. The first-order valence-corrected chi connectivity index (χ1v) is 7.86. The molecule has 2 fully saturated rings. The first kappa shape index (κ1) is 13.5. The quantitative estimate of drug-likeness (QED) is 0.805. The number of hydrogen-bond acceptors (Lipinski definition) is 4. The normalized spacial score (nSPS) is 27.2. The summed E-state index contributed by atoms with van der Waals surface area (Å²) in [6, 6.07) is 6.53. The zero-order valence-electron chi connectivity index (χ0n) is 12.2. The average molecular weight is 299 g/mol. The van der Waals surface area contributed by atoms with Gasteiger partial charge >= 0.3 is 5.97 Å². The van der Waals surface area contributed by atoms with Crippen molar-refractivity contribution in [1.82, 2.24) is 5.06 Å². The predicted molar refractivity (Wildman–Crippen MR) is 76.6 cm³/mol. The number of rotatable bonds is 3. The van der Waals surface area contributed by atoms with Crippen LogP contribution < -0.4 is 0 Å². The molecule has 5 nitrogen and oxygen atoms in total. The van der Waals surface area contributed by atoms with Gasteiger partial charge in [-0.25, -0.2) is 4.79 Å². The molecule has 0 bridgehead atoms. The lowest BCUT2D eigenvalue weighted by Gasteiger charge is -2.20. The van der Waals surface area contributed by atoms with E-state index in [0.717, 1.165) is 19.3 Å². The Kier molecular flexibility index (Phi) is 3.03. The van der Waals surface area contributed by atoms with Gasteiger partial charge in [0.15, 0.2) is 0 Å². The second-order valence-corrected chi connectivity index (χ2v) is 6.40. The van der Waals surface area contributed by atoms with Crippen LogP contribution in [-0.4, -0.2) is 22.8 Å². The van der Waals surface area contributed by atoms with E-state index in [2.05, 4.69) is 0 Å². The molecule has 2 amide bonds. The van der Waals surface area contributed by atoms with Crippen LogP contribution in [-0.2, 0) is 9.63 Å². The fourth-order valence-corrected chi connectivity index (χ4v) is 3.78. The Labute approximate surface area is 128 Å². The molecule has 0 unspecified atom stereocenters. The molecule has 2 saturated carbocycles. The second-order valence-electron chi connectivity index (χ2n) is 6.40. The van der Waals surface area contributed by atoms with Crippen molar-refractivity contribution in [3.8, 4) is 0 Å². The molecule has 0 N–H and O–H groups in total. The van der Waals surface area contributed by atoms with E-state index in [-0.39, 0.29) is 5.92 Å². The Balaban J connectivity index is 1.51. The molecule has 0 radical (unpaired) electrons. The van der Waals surface area contributed by atoms with Crippen molar-refractivity contribution in [3.05, 3.63) is 35.4 Å². The number of hydroxylamine groups is 2. The second kappa shape index (κ2) is 4.93. The molecule has 5 heteroatoms. The van der Waals surface area contributed by atoms with Gasteiger partial charge in [0.1, 0.15) is 0 Å². The van der Waals surface area contributed by atoms with Crippen LogP contribution in [0.1, 0.15) is 52.8 Å². The third kappa shape index (κ3) is 2.03. The zero-order valence-corrected chi connectivity index (χ0v) is 12.2. The van der Waals surface area contributed by atoms with E-state index in [1.807, 2.05) is 0 Å². The highest BCUT2D eigenvalue weighted by atomic mass is 16.7. The molecule has 1 aliphatic heterocycles. The Morgan fingerprint density at radius 2 is 1.64 bits per heavy atom. The number of carbonyl (C=O) groups is 3. The van der Waals surface area contributed by atoms with Gasteiger partial charge < -0.3 is 4.84 Å². The Morgan fingerprint density at radius 1 is 1.00 bits per heavy atom. The Bertz CT molecular complexity index is 629. The highest BCUT2D eigenvalue weighted by Gasteiger charge is 2.46. The summed E-state index contributed by atoms with van der Waals surface area (Å²) in [7, 11) is 0. The number of carbonyl (C=O) groups excluding carboxylic acids is 3. The minimum atomic E-state index is -0.546. The van der Waals surface area contributed by atoms with Crippen molar-refractivity contribution in [2.24, 2.45) is 17.8 Å². The van der Waals surface area contributed by atoms with Crippen molar-refractivity contribution in [1.29, 1.82) is 0 Å². The summed E-state index contributed by atoms with van der Waals surface area (Å²) in [6.07, 6.45) is 5.22. The third-order valence-electron chi connectivity index (χ3n) is 5.04. The largest absolute Gasteiger partial charge is 0.336 e. The molecule has 1 aromatic carbocycles. The summed E-state index contributed by atoms with van der Waals surface area (Å²) in [5.74, 6) is -0.699. The lowest BCUT2D eigenvalue weighted by Crippen LogP contribution is -2.36. The highest BCUT2D eigenvalue weighted by Crippen LogP contribution is 2.48. The van der Waals surface area contributed by atoms with Crippen LogP contribution in [0.5, 0.6) is 0 Å². The molecule has 1 heterocycles. The SMILES string of the molecule is O=C(ON1C(=O)c2ccccc2C1=O)[C@@H]1CCC[C@H]1C1CC1. The van der Waals surface area contributed by atoms with Crippen LogP contribution in [0, 0.1) is 17.8 Å². The lowest BCUT2D eigenvalue weighted by molar-refractivity contribution is -0.175. The van der Waals surface area contributed by atoms with Crippen LogP contribution >= 0.6 is 0 Å². The highest BCUT2D eigenvalue weighted by molar-refractivity contribution is 6.20. The molecule has 0 saturated heterocycles. The maximum Gasteiger partial charge on any atom is 0.336 e. The topological polar surface area (TPSA) is 63.7 Å². The van der Waals surface area contributed by atoms with E-state index in [1.165, 1.54) is 12.8 Å². The molecular formula is C17H17NO4. The summed E-state index contributed by atoms with van der Waals surface area (Å²) in [6.45, 7) is 0. The standard InChI is InChI=1S/C17H17NO4/c19-15-12-4-1-2-5-13(12)16(20)18(15)22-17(21)14-7-3-6-11(14)10-8-9-10/h1-2,4-5,10-11,14H,3,6-9H2/t11-,14+/m0/s1. The summed E-state index contributed by atoms with van der Waals surface area (Å²) < 4.78 is 0. The molecule has 4 rings (SSSR count). The summed E-state index contributed by atoms with van der Waals surface area (Å²) in [5, 5.41) is 0.634. The van der Waals surface area contributed by atoms with Crippen molar-refractivity contribution in [2.45, 2.75) is 32.1 Å². The van der Waals surface area contributed by atoms with Crippen molar-refractivity contribution < 1.29 is 19.2 Å². The number of imide groups is 1. The van der Waals surface area contributed by atoms with Gasteiger partial charge in [0.25, 0.3) is 11.8 Å². The van der Waals surface area contributed by atoms with Gasteiger partial charge in [0, 0.05) is 0 Å². The van der Waals surface area contributed by atoms with E-state index in [9.17, 15) is 14.4 Å². The van der Waals surface area contributed by atoms with Gasteiger partial charge in [0.2, 0.25) is 0 Å². The smallest absolute Gasteiger partial charge is 0.329 e. The summed E-state index contributed by atoms with van der Waals surface area (Å²) >= 11 is 0. The molecule has 0 spiro atoms. The minimum Gasteiger partial charge on any atom is -0.329 e. The molecule has 0 aromatic heterocycles. The molecular weight excluding hydrogens is 282 g/mol. The first-order valence-electron chi connectivity index (χ1n) is 7.86. The fraction of sp³-hybridized carbons (Fsp3) is 0.471. The van der Waals surface area contributed by atoms with Gasteiger partial charge in [-0.15, -0.1) is 0 Å². The molecule has 3 aliphatic rings. The van der Waals surface area contributed by atoms with Gasteiger partial charge in [-0.2, -0.15) is 0 Å². The van der Waals surface area contributed by atoms with Crippen molar-refractivity contribution in [3.63, 3.8) is 0 Å². The molecule has 2 atom stereocenters. The first-order chi connectivity index (χ1) is 10.7. The molecule has 114 valence electrons. The predicted octanol–water partition coefficient (Wildman–Crippen LogP) is 2.57. The van der Waals surface area contributed by atoms with E-state index >= 15 is 0 Å². The third-order valence-corrected chi connectivity index (χ3v) is 5.04. The molecule has 22 heavy (non-hydrogen) atoms. The maximum absolute atomic E-state index is 12.4. The fourth-order valence-electron chi connectivity index (χ4n) is 3.78. The molecule has 2 aliphatic carbocycles. The van der Waals surface area contributed by atoms with Crippen molar-refractivity contribution >= 4 is 17.8 Å². The monoisotopic (exact) mass is 299 g/mol. The van der Waals surface area contributed by atoms with E-state index in [1.54, 1.807) is 24.3 Å². The van der Waals surface area contributed by atoms with E-state index in [0.29, 0.717) is 28.0 Å². The number of benzene rings is 1. The summed E-state index contributed by atoms with van der Waals surface area (Å²) in [5.41, 5.74) is 0.593. The van der Waals surface area contributed by atoms with Crippen LogP contribution in [0.2, 0.25) is 0 Å². The number of hydrogen-bond donors (Lipinski definition) is 0. The maximum atomic E-state index is 12.4. The van der Waals surface area contributed by atoms with E-state index in [4.69, 9.17) is 4.84 Å². The lowest BCUT2D eigenvalue weighted by atomic mass is 9.92. The van der Waals surface area contributed by atoms with Crippen LogP contribution in [0.15, 0.2) is 24.3 Å². The Hall–Kier alpha value is -2.17. The number of nitrogens with zero attached hydrogens (tertiary/aromatic N) is 1. The number of fused-ring (bicyclic) bond motifs is 1. The van der Waals surface area contributed by atoms with E-state index < -0.39 is 17.8 Å².